The number of nitrogens with two attached hydrogens (primary N) is 1. The first-order valence-electron chi connectivity index (χ1n) is 7.65. The molecule has 4 heteroatoms. The van der Waals surface area contributed by atoms with E-state index < -0.39 is 14.6 Å². The van der Waals surface area contributed by atoms with Crippen LogP contribution in [0.3, 0.4) is 0 Å². The zero-order valence-electron chi connectivity index (χ0n) is 12.9. The molecule has 0 aromatic heterocycles. The quantitative estimate of drug-likeness (QED) is 0.864. The Bertz CT molecular complexity index is 360. The van der Waals surface area contributed by atoms with Crippen LogP contribution < -0.4 is 5.73 Å². The molecule has 0 radical (unpaired) electrons. The van der Waals surface area contributed by atoms with Crippen molar-refractivity contribution in [3.8, 4) is 0 Å². The van der Waals surface area contributed by atoms with E-state index in [0.29, 0.717) is 6.54 Å². The van der Waals surface area contributed by atoms with Gasteiger partial charge >= 0.3 is 0 Å². The molecule has 0 aromatic carbocycles. The highest BCUT2D eigenvalue weighted by molar-refractivity contribution is 7.92. The Morgan fingerprint density at radius 3 is 1.89 bits per heavy atom. The predicted octanol–water partition coefficient (Wildman–Crippen LogP) is 3.28. The topological polar surface area (TPSA) is 60.2 Å². The molecule has 0 bridgehead atoms. The molecule has 0 unspecified atom stereocenters. The van der Waals surface area contributed by atoms with Crippen LogP contribution in [0.25, 0.3) is 0 Å². The molecular weight excluding hydrogens is 258 g/mol. The van der Waals surface area contributed by atoms with Crippen molar-refractivity contribution in [3.63, 3.8) is 0 Å². The van der Waals surface area contributed by atoms with E-state index in [0.717, 1.165) is 19.3 Å². The van der Waals surface area contributed by atoms with Crippen LogP contribution in [0.1, 0.15) is 72.1 Å². The van der Waals surface area contributed by atoms with Crippen LogP contribution in [0.15, 0.2) is 0 Å². The molecule has 1 saturated carbocycles. The first-order valence-corrected chi connectivity index (χ1v) is 9.30. The summed E-state index contributed by atoms with van der Waals surface area (Å²) in [5, 5.41) is 0. The van der Waals surface area contributed by atoms with Gasteiger partial charge in [0.25, 0.3) is 0 Å². The summed E-state index contributed by atoms with van der Waals surface area (Å²) in [5.41, 5.74) is 6.07. The number of sulfone groups is 1. The minimum Gasteiger partial charge on any atom is -0.330 e. The molecule has 1 aliphatic rings. The Labute approximate surface area is 119 Å². The highest BCUT2D eigenvalue weighted by Crippen LogP contribution is 2.37. The predicted molar refractivity (Wildman–Crippen MR) is 82.0 cm³/mol. The van der Waals surface area contributed by atoms with Gasteiger partial charge < -0.3 is 5.73 Å². The molecule has 1 rings (SSSR count). The van der Waals surface area contributed by atoms with Gasteiger partial charge in [0.1, 0.15) is 0 Å². The monoisotopic (exact) mass is 289 g/mol. The van der Waals surface area contributed by atoms with Gasteiger partial charge in [0.15, 0.2) is 9.84 Å². The van der Waals surface area contributed by atoms with Crippen molar-refractivity contribution in [1.82, 2.24) is 0 Å². The van der Waals surface area contributed by atoms with Crippen LogP contribution in [0.4, 0.5) is 0 Å². The van der Waals surface area contributed by atoms with Crippen LogP contribution >= 0.6 is 0 Å². The van der Waals surface area contributed by atoms with E-state index in [9.17, 15) is 8.42 Å². The summed E-state index contributed by atoms with van der Waals surface area (Å²) in [6, 6.07) is 0. The van der Waals surface area contributed by atoms with Gasteiger partial charge in [0.05, 0.1) is 10.5 Å². The van der Waals surface area contributed by atoms with E-state index in [1.807, 2.05) is 0 Å². The maximum atomic E-state index is 12.3. The highest BCUT2D eigenvalue weighted by atomic mass is 32.2. The summed E-state index contributed by atoms with van der Waals surface area (Å²) < 4.78 is 23.9. The van der Waals surface area contributed by atoms with Crippen molar-refractivity contribution < 1.29 is 8.42 Å². The molecule has 3 nitrogen and oxygen atoms in total. The molecule has 0 aromatic rings. The Morgan fingerprint density at radius 2 is 1.47 bits per heavy atom. The van der Waals surface area contributed by atoms with E-state index in [2.05, 4.69) is 0 Å². The van der Waals surface area contributed by atoms with Gasteiger partial charge in [-0.1, -0.05) is 32.1 Å². The van der Waals surface area contributed by atoms with Crippen molar-refractivity contribution in [1.29, 1.82) is 0 Å². The smallest absolute Gasteiger partial charge is 0.155 e. The fraction of sp³-hybridized carbons (Fsp3) is 1.00. The number of rotatable bonds is 4. The van der Waals surface area contributed by atoms with Gasteiger partial charge in [-0.2, -0.15) is 0 Å². The number of hydrogen-bond donors (Lipinski definition) is 1. The van der Waals surface area contributed by atoms with Gasteiger partial charge in [0.2, 0.25) is 0 Å². The molecule has 0 atom stereocenters. The van der Waals surface area contributed by atoms with E-state index in [4.69, 9.17) is 5.73 Å². The fourth-order valence-corrected chi connectivity index (χ4v) is 4.18. The maximum absolute atomic E-state index is 12.3. The van der Waals surface area contributed by atoms with Crippen molar-refractivity contribution in [2.45, 2.75) is 76.9 Å². The largest absolute Gasteiger partial charge is 0.330 e. The molecule has 0 saturated heterocycles. The Morgan fingerprint density at radius 1 is 1.00 bits per heavy atom. The third-order valence-corrected chi connectivity index (χ3v) is 7.29. The first kappa shape index (κ1) is 17.0. The van der Waals surface area contributed by atoms with Crippen LogP contribution in [0.5, 0.6) is 0 Å². The standard InChI is InChI=1S/C15H31NO2S/c1-14(2,3)19(17,18)12-11-15(13-16)9-7-5-4-6-8-10-15/h4-13,16H2,1-3H3. The zero-order chi connectivity index (χ0) is 14.6. The molecule has 0 heterocycles. The van der Waals surface area contributed by atoms with E-state index in [1.54, 1.807) is 20.8 Å². The Balaban J connectivity index is 2.70. The summed E-state index contributed by atoms with van der Waals surface area (Å²) >= 11 is 0. The summed E-state index contributed by atoms with van der Waals surface area (Å²) in [4.78, 5) is 0. The van der Waals surface area contributed by atoms with Crippen molar-refractivity contribution >= 4 is 9.84 Å². The normalized spacial score (nSPS) is 21.7. The van der Waals surface area contributed by atoms with Gasteiger partial charge in [-0.05, 0) is 52.0 Å². The van der Waals surface area contributed by atoms with Crippen LogP contribution in [-0.2, 0) is 9.84 Å². The van der Waals surface area contributed by atoms with E-state index in [1.165, 1.54) is 32.1 Å². The third-order valence-electron chi connectivity index (χ3n) is 4.68. The summed E-state index contributed by atoms with van der Waals surface area (Å²) in [5.74, 6) is 0.285. The van der Waals surface area contributed by atoms with E-state index >= 15 is 0 Å². The van der Waals surface area contributed by atoms with Crippen LogP contribution in [-0.4, -0.2) is 25.5 Å². The van der Waals surface area contributed by atoms with E-state index in [-0.39, 0.29) is 11.2 Å². The minimum atomic E-state index is -3.02. The lowest BCUT2D eigenvalue weighted by molar-refractivity contribution is 0.210. The third kappa shape index (κ3) is 4.75. The zero-order valence-corrected chi connectivity index (χ0v) is 13.7. The van der Waals surface area contributed by atoms with Crippen molar-refractivity contribution in [3.05, 3.63) is 0 Å². The Kier molecular flexibility index (Phi) is 5.87. The number of hydrogen-bond acceptors (Lipinski definition) is 3. The molecule has 0 aliphatic heterocycles. The highest BCUT2D eigenvalue weighted by Gasteiger charge is 2.34. The van der Waals surface area contributed by atoms with Crippen LogP contribution in [0, 0.1) is 5.41 Å². The SMILES string of the molecule is CC(C)(C)S(=O)(=O)CCC1(CN)CCCCCCC1. The molecule has 19 heavy (non-hydrogen) atoms. The molecule has 114 valence electrons. The minimum absolute atomic E-state index is 0.0682. The average Bonchev–Trinajstić information content (AvgIpc) is 2.27. The van der Waals surface area contributed by atoms with Crippen LogP contribution in [0.2, 0.25) is 0 Å². The maximum Gasteiger partial charge on any atom is 0.155 e. The average molecular weight is 289 g/mol. The molecule has 1 fully saturated rings. The van der Waals surface area contributed by atoms with Crippen molar-refractivity contribution in [2.24, 2.45) is 11.1 Å². The summed E-state index contributed by atoms with van der Waals surface area (Å²) in [6.45, 7) is 5.99. The molecule has 1 aliphatic carbocycles. The van der Waals surface area contributed by atoms with Gasteiger partial charge in [-0.15, -0.1) is 0 Å². The van der Waals surface area contributed by atoms with Gasteiger partial charge in [-0.25, -0.2) is 8.42 Å². The van der Waals surface area contributed by atoms with Gasteiger partial charge in [-0.3, -0.25) is 0 Å². The summed E-state index contributed by atoms with van der Waals surface area (Å²) in [6.07, 6.45) is 9.21. The lowest BCUT2D eigenvalue weighted by Crippen LogP contribution is -2.37. The Hall–Kier alpha value is -0.0900. The second-order valence-corrected chi connectivity index (χ2v) is 10.0. The molecule has 0 spiro atoms. The second kappa shape index (κ2) is 6.57. The molecular formula is C15H31NO2S. The first-order chi connectivity index (χ1) is 8.72. The van der Waals surface area contributed by atoms with Gasteiger partial charge in [0, 0.05) is 0 Å². The molecule has 2 N–H and O–H groups in total. The lowest BCUT2D eigenvalue weighted by atomic mass is 9.74. The molecule has 0 amide bonds. The summed E-state index contributed by atoms with van der Waals surface area (Å²) in [7, 11) is -3.02. The fourth-order valence-electron chi connectivity index (χ4n) is 2.87. The lowest BCUT2D eigenvalue weighted by Gasteiger charge is -2.35. The van der Waals surface area contributed by atoms with Crippen molar-refractivity contribution in [2.75, 3.05) is 12.3 Å². The second-order valence-electron chi connectivity index (χ2n) is 7.15.